The Bertz CT molecular complexity index is 969. The van der Waals surface area contributed by atoms with Crippen LogP contribution in [0, 0.1) is 6.92 Å². The van der Waals surface area contributed by atoms with Crippen LogP contribution in [0.1, 0.15) is 18.5 Å². The standard InChI is InChI=1S/C19H22N4O4S/c1-3-18(24)22-15-7-9-23(10-8-15)28(25,26)17-6-4-5-16(11-17)27-19-13-20-12-14(2)21-19/h3-6,11-13,15H,1,7-10H2,2H3,(H,22,24). The van der Waals surface area contributed by atoms with Crippen LogP contribution in [0.2, 0.25) is 0 Å². The van der Waals surface area contributed by atoms with Crippen LogP contribution < -0.4 is 10.1 Å². The number of carbonyl (C=O) groups excluding carboxylic acids is 1. The summed E-state index contributed by atoms with van der Waals surface area (Å²) >= 11 is 0. The second-order valence-electron chi connectivity index (χ2n) is 6.47. The van der Waals surface area contributed by atoms with E-state index in [1.165, 1.54) is 28.7 Å². The first kappa shape index (κ1) is 20.0. The Hall–Kier alpha value is -2.78. The van der Waals surface area contributed by atoms with Gasteiger partial charge in [0.15, 0.2) is 0 Å². The minimum Gasteiger partial charge on any atom is -0.437 e. The maximum Gasteiger partial charge on any atom is 0.243 e. The molecule has 0 bridgehead atoms. The van der Waals surface area contributed by atoms with E-state index in [4.69, 9.17) is 4.74 Å². The van der Waals surface area contributed by atoms with Crippen molar-refractivity contribution in [3.8, 4) is 11.6 Å². The number of hydrogen-bond acceptors (Lipinski definition) is 6. The molecule has 9 heteroatoms. The van der Waals surface area contributed by atoms with Gasteiger partial charge in [-0.15, -0.1) is 0 Å². The van der Waals surface area contributed by atoms with Gasteiger partial charge in [0.2, 0.25) is 21.8 Å². The van der Waals surface area contributed by atoms with E-state index in [0.717, 1.165) is 0 Å². The number of carbonyl (C=O) groups is 1. The van der Waals surface area contributed by atoms with Crippen molar-refractivity contribution in [1.82, 2.24) is 19.6 Å². The molecule has 1 N–H and O–H groups in total. The zero-order chi connectivity index (χ0) is 20.1. The first-order chi connectivity index (χ1) is 13.4. The normalized spacial score (nSPS) is 15.8. The van der Waals surface area contributed by atoms with Gasteiger partial charge >= 0.3 is 0 Å². The van der Waals surface area contributed by atoms with Gasteiger partial charge in [0.1, 0.15) is 5.75 Å². The fourth-order valence-electron chi connectivity index (χ4n) is 2.96. The average Bonchev–Trinajstić information content (AvgIpc) is 2.68. The maximum absolute atomic E-state index is 13.0. The third kappa shape index (κ3) is 4.73. The smallest absolute Gasteiger partial charge is 0.243 e. The number of nitrogens with one attached hydrogen (secondary N) is 1. The number of nitrogens with zero attached hydrogens (tertiary/aromatic N) is 3. The number of rotatable bonds is 6. The summed E-state index contributed by atoms with van der Waals surface area (Å²) in [6, 6.07) is 6.26. The zero-order valence-electron chi connectivity index (χ0n) is 15.5. The Kier molecular flexibility index (Phi) is 6.05. The van der Waals surface area contributed by atoms with Crippen LogP contribution in [-0.4, -0.2) is 47.7 Å². The third-order valence-corrected chi connectivity index (χ3v) is 6.28. The van der Waals surface area contributed by atoms with Crippen molar-refractivity contribution >= 4 is 15.9 Å². The number of piperidine rings is 1. The molecular weight excluding hydrogens is 380 g/mol. The van der Waals surface area contributed by atoms with Crippen molar-refractivity contribution in [2.45, 2.75) is 30.7 Å². The SMILES string of the molecule is C=CC(=O)NC1CCN(S(=O)(=O)c2cccc(Oc3cncc(C)n3)c2)CC1. The molecule has 1 aliphatic rings. The van der Waals surface area contributed by atoms with Gasteiger partial charge in [0.25, 0.3) is 0 Å². The lowest BCUT2D eigenvalue weighted by atomic mass is 10.1. The molecule has 0 spiro atoms. The molecule has 3 rings (SSSR count). The van der Waals surface area contributed by atoms with Gasteiger partial charge in [-0.1, -0.05) is 12.6 Å². The molecule has 28 heavy (non-hydrogen) atoms. The lowest BCUT2D eigenvalue weighted by Gasteiger charge is -2.31. The van der Waals surface area contributed by atoms with E-state index < -0.39 is 10.0 Å². The first-order valence-electron chi connectivity index (χ1n) is 8.88. The van der Waals surface area contributed by atoms with Crippen molar-refractivity contribution in [2.75, 3.05) is 13.1 Å². The van der Waals surface area contributed by atoms with E-state index in [-0.39, 0.29) is 16.8 Å². The van der Waals surface area contributed by atoms with E-state index in [0.29, 0.717) is 43.3 Å². The van der Waals surface area contributed by atoms with Gasteiger partial charge < -0.3 is 10.1 Å². The summed E-state index contributed by atoms with van der Waals surface area (Å²) in [4.78, 5) is 19.8. The van der Waals surface area contributed by atoms with E-state index in [1.54, 1.807) is 25.3 Å². The highest BCUT2D eigenvalue weighted by molar-refractivity contribution is 7.89. The second kappa shape index (κ2) is 8.49. The van der Waals surface area contributed by atoms with Crippen LogP contribution in [0.3, 0.4) is 0 Å². The molecule has 0 radical (unpaired) electrons. The van der Waals surface area contributed by atoms with E-state index >= 15 is 0 Å². The van der Waals surface area contributed by atoms with Crippen molar-refractivity contribution in [2.24, 2.45) is 0 Å². The number of aryl methyl sites for hydroxylation is 1. The Balaban J connectivity index is 1.70. The molecule has 1 amide bonds. The molecule has 0 saturated carbocycles. The molecule has 1 aromatic heterocycles. The van der Waals surface area contributed by atoms with Crippen LogP contribution in [0.4, 0.5) is 0 Å². The van der Waals surface area contributed by atoms with Crippen molar-refractivity contribution < 1.29 is 17.9 Å². The summed E-state index contributed by atoms with van der Waals surface area (Å²) < 4.78 is 33.0. The predicted molar refractivity (Wildman–Crippen MR) is 103 cm³/mol. The average molecular weight is 402 g/mol. The quantitative estimate of drug-likeness (QED) is 0.742. The lowest BCUT2D eigenvalue weighted by Crippen LogP contribution is -2.46. The van der Waals surface area contributed by atoms with E-state index in [9.17, 15) is 13.2 Å². The zero-order valence-corrected chi connectivity index (χ0v) is 16.4. The maximum atomic E-state index is 13.0. The van der Waals surface area contributed by atoms with Crippen molar-refractivity contribution in [3.63, 3.8) is 0 Å². The van der Waals surface area contributed by atoms with E-state index in [2.05, 4.69) is 21.9 Å². The molecule has 0 atom stereocenters. The molecule has 0 aliphatic carbocycles. The molecule has 1 saturated heterocycles. The monoisotopic (exact) mass is 402 g/mol. The summed E-state index contributed by atoms with van der Waals surface area (Å²) in [5.74, 6) is 0.424. The molecule has 2 heterocycles. The molecule has 1 fully saturated rings. The molecule has 148 valence electrons. The number of benzene rings is 1. The number of aromatic nitrogens is 2. The highest BCUT2D eigenvalue weighted by atomic mass is 32.2. The summed E-state index contributed by atoms with van der Waals surface area (Å²) in [7, 11) is -3.66. The highest BCUT2D eigenvalue weighted by Gasteiger charge is 2.30. The fraction of sp³-hybridized carbons (Fsp3) is 0.316. The molecule has 2 aromatic rings. The summed E-state index contributed by atoms with van der Waals surface area (Å²) in [6.07, 6.45) is 5.39. The van der Waals surface area contributed by atoms with Gasteiger partial charge in [-0.05, 0) is 38.0 Å². The van der Waals surface area contributed by atoms with Crippen LogP contribution in [-0.2, 0) is 14.8 Å². The van der Waals surface area contributed by atoms with Gasteiger partial charge in [0, 0.05) is 31.4 Å². The Morgan fingerprint density at radius 1 is 1.32 bits per heavy atom. The largest absolute Gasteiger partial charge is 0.437 e. The van der Waals surface area contributed by atoms with Crippen LogP contribution in [0.15, 0.2) is 54.2 Å². The van der Waals surface area contributed by atoms with Crippen molar-refractivity contribution in [1.29, 1.82) is 0 Å². The number of amides is 1. The molecule has 0 unspecified atom stereocenters. The predicted octanol–water partition coefficient (Wildman–Crippen LogP) is 2.03. The first-order valence-corrected chi connectivity index (χ1v) is 10.3. The minimum absolute atomic E-state index is 0.0495. The Morgan fingerprint density at radius 2 is 2.07 bits per heavy atom. The van der Waals surface area contributed by atoms with Gasteiger partial charge in [-0.3, -0.25) is 9.78 Å². The molecule has 8 nitrogen and oxygen atoms in total. The van der Waals surface area contributed by atoms with Gasteiger partial charge in [-0.2, -0.15) is 4.31 Å². The third-order valence-electron chi connectivity index (χ3n) is 4.38. The van der Waals surface area contributed by atoms with E-state index in [1.807, 2.05) is 0 Å². The summed E-state index contributed by atoms with van der Waals surface area (Å²) in [5, 5.41) is 2.81. The molecule has 1 aliphatic heterocycles. The van der Waals surface area contributed by atoms with Gasteiger partial charge in [0.05, 0.1) is 16.8 Å². The molecule has 1 aromatic carbocycles. The minimum atomic E-state index is -3.66. The number of hydrogen-bond donors (Lipinski definition) is 1. The lowest BCUT2D eigenvalue weighted by molar-refractivity contribution is -0.117. The Labute approximate surface area is 164 Å². The number of ether oxygens (including phenoxy) is 1. The second-order valence-corrected chi connectivity index (χ2v) is 8.40. The van der Waals surface area contributed by atoms with Crippen LogP contribution >= 0.6 is 0 Å². The number of sulfonamides is 1. The Morgan fingerprint density at radius 3 is 2.75 bits per heavy atom. The van der Waals surface area contributed by atoms with Crippen LogP contribution in [0.5, 0.6) is 11.6 Å². The molecular formula is C19H22N4O4S. The fourth-order valence-corrected chi connectivity index (χ4v) is 4.46. The summed E-state index contributed by atoms with van der Waals surface area (Å²) in [5.41, 5.74) is 0.702. The summed E-state index contributed by atoms with van der Waals surface area (Å²) in [6.45, 7) is 5.88. The topological polar surface area (TPSA) is 101 Å². The highest BCUT2D eigenvalue weighted by Crippen LogP contribution is 2.26. The van der Waals surface area contributed by atoms with Crippen molar-refractivity contribution in [3.05, 3.63) is 55.0 Å². The van der Waals surface area contributed by atoms with Gasteiger partial charge in [-0.25, -0.2) is 13.4 Å². The van der Waals surface area contributed by atoms with Crippen LogP contribution in [0.25, 0.3) is 0 Å².